The van der Waals surface area contributed by atoms with Crippen molar-refractivity contribution in [1.29, 1.82) is 0 Å². The van der Waals surface area contributed by atoms with Crippen LogP contribution in [-0.4, -0.2) is 74.4 Å². The van der Waals surface area contributed by atoms with Crippen LogP contribution in [0.3, 0.4) is 0 Å². The fourth-order valence-electron chi connectivity index (χ4n) is 7.89. The molecule has 234 valence electrons. The number of rotatable bonds is 12. The van der Waals surface area contributed by atoms with Crippen molar-refractivity contribution in [3.63, 3.8) is 0 Å². The van der Waals surface area contributed by atoms with Gasteiger partial charge in [0.15, 0.2) is 0 Å². The molecule has 3 aliphatic heterocycles. The van der Waals surface area contributed by atoms with Crippen LogP contribution in [0.15, 0.2) is 73.8 Å². The average Bonchev–Trinajstić information content (AvgIpc) is 3.58. The van der Waals surface area contributed by atoms with Crippen molar-refractivity contribution in [1.82, 2.24) is 9.80 Å². The summed E-state index contributed by atoms with van der Waals surface area (Å²) < 4.78 is -1.30. The minimum Gasteiger partial charge on any atom is -0.394 e. The number of aliphatic hydroxyl groups is 1. The maximum Gasteiger partial charge on any atom is 0.251 e. The quantitative estimate of drug-likeness (QED) is 0.321. The maximum atomic E-state index is 15.1. The highest BCUT2D eigenvalue weighted by molar-refractivity contribution is 8.02. The highest BCUT2D eigenvalue weighted by Crippen LogP contribution is 2.72. The van der Waals surface area contributed by atoms with Crippen molar-refractivity contribution in [2.75, 3.05) is 31.1 Å². The van der Waals surface area contributed by atoms with Gasteiger partial charge in [0.1, 0.15) is 6.04 Å². The van der Waals surface area contributed by atoms with Gasteiger partial charge in [-0.3, -0.25) is 14.4 Å². The van der Waals surface area contributed by atoms with E-state index < -0.39 is 33.4 Å². The predicted octanol–water partition coefficient (Wildman–Crippen LogP) is 5.46. The van der Waals surface area contributed by atoms with Gasteiger partial charge in [-0.05, 0) is 62.8 Å². The molecule has 44 heavy (non-hydrogen) atoms. The number of amides is 3. The van der Waals surface area contributed by atoms with E-state index in [4.69, 9.17) is 0 Å². The van der Waals surface area contributed by atoms with Crippen LogP contribution >= 0.6 is 11.8 Å². The summed E-state index contributed by atoms with van der Waals surface area (Å²) in [5, 5.41) is 10.9. The summed E-state index contributed by atoms with van der Waals surface area (Å²) in [4.78, 5) is 49.6. The SMILES string of the molecule is C=CCN(CCC)C(=O)[C@@H]1[C@H]2C(=O)N([C@H](CO)c3ccccc3)C(C(=O)N(CC=C)c3cc(C)ccc3C)C23CC[C@@]1(C)S3. The first-order valence-electron chi connectivity index (χ1n) is 15.7. The minimum absolute atomic E-state index is 0.0486. The van der Waals surface area contributed by atoms with Gasteiger partial charge in [-0.1, -0.05) is 61.5 Å². The van der Waals surface area contributed by atoms with Crippen LogP contribution in [0.2, 0.25) is 0 Å². The zero-order valence-electron chi connectivity index (χ0n) is 26.4. The molecule has 3 aliphatic rings. The van der Waals surface area contributed by atoms with Gasteiger partial charge in [0, 0.05) is 30.1 Å². The van der Waals surface area contributed by atoms with Crippen LogP contribution in [0.1, 0.15) is 55.8 Å². The zero-order chi connectivity index (χ0) is 31.8. The van der Waals surface area contributed by atoms with E-state index in [-0.39, 0.29) is 30.9 Å². The molecular weight excluding hydrogens is 570 g/mol. The summed E-state index contributed by atoms with van der Waals surface area (Å²) in [7, 11) is 0. The van der Waals surface area contributed by atoms with Gasteiger partial charge in [0.25, 0.3) is 5.91 Å². The molecule has 0 saturated carbocycles. The number of thioether (sulfide) groups is 1. The first-order valence-corrected chi connectivity index (χ1v) is 16.5. The first kappa shape index (κ1) is 32.0. The molecule has 2 bridgehead atoms. The Bertz CT molecular complexity index is 1450. The number of nitrogens with zero attached hydrogens (tertiary/aromatic N) is 3. The van der Waals surface area contributed by atoms with Crippen LogP contribution in [0.5, 0.6) is 0 Å². The van der Waals surface area contributed by atoms with Gasteiger partial charge in [0.2, 0.25) is 11.8 Å². The summed E-state index contributed by atoms with van der Waals surface area (Å²) in [6, 6.07) is 13.8. The van der Waals surface area contributed by atoms with E-state index in [1.54, 1.807) is 33.7 Å². The van der Waals surface area contributed by atoms with Crippen molar-refractivity contribution >= 4 is 35.2 Å². The lowest BCUT2D eigenvalue weighted by molar-refractivity contribution is -0.146. The summed E-state index contributed by atoms with van der Waals surface area (Å²) in [6.45, 7) is 16.8. The fourth-order valence-corrected chi connectivity index (χ4v) is 10.2. The van der Waals surface area contributed by atoms with E-state index in [0.29, 0.717) is 19.5 Å². The summed E-state index contributed by atoms with van der Waals surface area (Å²) >= 11 is 1.66. The second-order valence-corrected chi connectivity index (χ2v) is 14.6. The van der Waals surface area contributed by atoms with Crippen molar-refractivity contribution in [3.8, 4) is 0 Å². The van der Waals surface area contributed by atoms with E-state index in [1.807, 2.05) is 74.2 Å². The Morgan fingerprint density at radius 2 is 1.80 bits per heavy atom. The Morgan fingerprint density at radius 1 is 1.09 bits per heavy atom. The molecule has 2 unspecified atom stereocenters. The molecule has 0 radical (unpaired) electrons. The van der Waals surface area contributed by atoms with Crippen molar-refractivity contribution < 1.29 is 19.5 Å². The number of carbonyl (C=O) groups is 3. The average molecular weight is 616 g/mol. The van der Waals surface area contributed by atoms with Gasteiger partial charge in [-0.15, -0.1) is 24.9 Å². The smallest absolute Gasteiger partial charge is 0.251 e. The summed E-state index contributed by atoms with van der Waals surface area (Å²) in [6.07, 6.45) is 5.60. The van der Waals surface area contributed by atoms with Gasteiger partial charge in [0.05, 0.1) is 29.2 Å². The lowest BCUT2D eigenvalue weighted by Crippen LogP contribution is -2.56. The highest BCUT2D eigenvalue weighted by Gasteiger charge is 2.78. The highest BCUT2D eigenvalue weighted by atomic mass is 32.2. The third kappa shape index (κ3) is 5.10. The van der Waals surface area contributed by atoms with Crippen LogP contribution in [0, 0.1) is 25.7 Å². The van der Waals surface area contributed by atoms with Crippen LogP contribution < -0.4 is 4.90 Å². The van der Waals surface area contributed by atoms with Gasteiger partial charge in [-0.2, -0.15) is 0 Å². The van der Waals surface area contributed by atoms with E-state index in [0.717, 1.165) is 35.2 Å². The number of fused-ring (bicyclic) bond motifs is 1. The number of anilines is 1. The van der Waals surface area contributed by atoms with Crippen molar-refractivity contribution in [3.05, 3.63) is 90.5 Å². The molecule has 1 N–H and O–H groups in total. The van der Waals surface area contributed by atoms with Crippen molar-refractivity contribution in [2.24, 2.45) is 11.8 Å². The molecule has 1 spiro atoms. The molecule has 2 aromatic carbocycles. The normalized spacial score (nSPS) is 27.6. The second-order valence-electron chi connectivity index (χ2n) is 12.7. The van der Waals surface area contributed by atoms with Crippen LogP contribution in [0.4, 0.5) is 5.69 Å². The molecule has 3 amide bonds. The topological polar surface area (TPSA) is 81.2 Å². The minimum atomic E-state index is -0.874. The molecule has 3 fully saturated rings. The number of hydrogen-bond donors (Lipinski definition) is 1. The Kier molecular flexibility index (Phi) is 9.15. The molecule has 5 rings (SSSR count). The van der Waals surface area contributed by atoms with Gasteiger partial charge in [-0.25, -0.2) is 0 Å². The third-order valence-corrected chi connectivity index (χ3v) is 11.8. The van der Waals surface area contributed by atoms with Gasteiger partial charge >= 0.3 is 0 Å². The molecule has 0 aromatic heterocycles. The summed E-state index contributed by atoms with van der Waals surface area (Å²) in [5.74, 6) is -1.74. The zero-order valence-corrected chi connectivity index (χ0v) is 27.2. The molecule has 7 nitrogen and oxygen atoms in total. The number of benzene rings is 2. The van der Waals surface area contributed by atoms with E-state index in [2.05, 4.69) is 20.1 Å². The number of likely N-dealkylation sites (tertiary alicyclic amines) is 1. The van der Waals surface area contributed by atoms with E-state index >= 15 is 4.79 Å². The monoisotopic (exact) mass is 615 g/mol. The first-order chi connectivity index (χ1) is 21.1. The molecule has 6 atom stereocenters. The van der Waals surface area contributed by atoms with E-state index in [9.17, 15) is 14.7 Å². The van der Waals surface area contributed by atoms with Gasteiger partial charge < -0.3 is 19.8 Å². The molecule has 3 saturated heterocycles. The largest absolute Gasteiger partial charge is 0.394 e. The number of aryl methyl sites for hydroxylation is 2. The second kappa shape index (κ2) is 12.6. The van der Waals surface area contributed by atoms with Crippen LogP contribution in [-0.2, 0) is 14.4 Å². The Labute approximate surface area is 266 Å². The number of hydrogen-bond acceptors (Lipinski definition) is 5. The lowest BCUT2D eigenvalue weighted by atomic mass is 9.66. The molecule has 2 aromatic rings. The maximum absolute atomic E-state index is 15.1. The molecular formula is C36H45N3O4S. The van der Waals surface area contributed by atoms with Crippen molar-refractivity contribution in [2.45, 2.75) is 68.5 Å². The number of carbonyl (C=O) groups excluding carboxylic acids is 3. The molecule has 3 heterocycles. The molecule has 8 heteroatoms. The Balaban J connectivity index is 1.68. The lowest BCUT2D eigenvalue weighted by Gasteiger charge is -2.40. The number of aliphatic hydroxyl groups excluding tert-OH is 1. The molecule has 0 aliphatic carbocycles. The van der Waals surface area contributed by atoms with Crippen LogP contribution in [0.25, 0.3) is 0 Å². The standard InChI is InChI=1S/C36H45N3O4S/c1-7-19-37(20-8-2)32(41)29-30-33(42)39(28(23-40)26-13-11-10-12-14-26)31(36(30)18-17-35(29,6)44-36)34(43)38(21-9-3)27-22-24(4)15-16-25(27)5/h7,9-16,22,28-31,40H,1,3,8,17-21,23H2,2,4-6H3/t28-,29+,30+,31?,35-,36?/m1/s1. The van der Waals surface area contributed by atoms with E-state index in [1.165, 1.54) is 0 Å². The fraction of sp³-hybridized carbons (Fsp3) is 0.472. The third-order valence-electron chi connectivity index (χ3n) is 9.80. The predicted molar refractivity (Wildman–Crippen MR) is 177 cm³/mol. The summed E-state index contributed by atoms with van der Waals surface area (Å²) in [5.41, 5.74) is 3.50. The Morgan fingerprint density at radius 3 is 2.43 bits per heavy atom. The Hall–Kier alpha value is -3.36.